The van der Waals surface area contributed by atoms with E-state index >= 15 is 0 Å². The molecule has 2 rings (SSSR count). The lowest BCUT2D eigenvalue weighted by molar-refractivity contribution is -0.140. The second-order valence-electron chi connectivity index (χ2n) is 3.90. The van der Waals surface area contributed by atoms with Crippen molar-refractivity contribution in [2.75, 3.05) is 7.11 Å². The quantitative estimate of drug-likeness (QED) is 0.681. The summed E-state index contributed by atoms with van der Waals surface area (Å²) in [5.74, 6) is 0.239. The van der Waals surface area contributed by atoms with Crippen LogP contribution >= 0.6 is 0 Å². The smallest absolute Gasteiger partial charge is 0.305 e. The molecule has 2 aliphatic rings. The van der Waals surface area contributed by atoms with Crippen LogP contribution in [0.5, 0.6) is 0 Å². The molecule has 16 heavy (non-hydrogen) atoms. The van der Waals surface area contributed by atoms with E-state index < -0.39 is 0 Å². The van der Waals surface area contributed by atoms with Gasteiger partial charge in [0.15, 0.2) is 0 Å². The number of allylic oxidation sites excluding steroid dienone is 5. The van der Waals surface area contributed by atoms with Gasteiger partial charge in [-0.3, -0.25) is 9.79 Å². The van der Waals surface area contributed by atoms with Crippen molar-refractivity contribution in [3.63, 3.8) is 0 Å². The second kappa shape index (κ2) is 4.92. The number of rotatable bonds is 3. The first-order valence-corrected chi connectivity index (χ1v) is 5.49. The van der Waals surface area contributed by atoms with Crippen molar-refractivity contribution in [1.82, 2.24) is 0 Å². The third-order valence-electron chi connectivity index (χ3n) is 2.78. The Balaban J connectivity index is 1.99. The largest absolute Gasteiger partial charge is 0.469 e. The number of ether oxygens (including phenoxy) is 1. The molecule has 3 nitrogen and oxygen atoms in total. The van der Waals surface area contributed by atoms with Crippen molar-refractivity contribution in [2.45, 2.75) is 19.3 Å². The van der Waals surface area contributed by atoms with E-state index in [1.807, 2.05) is 18.2 Å². The lowest BCUT2D eigenvalue weighted by Crippen LogP contribution is -2.11. The number of carbonyl (C=O) groups excluding carboxylic acids is 1. The predicted octanol–water partition coefficient (Wildman–Crippen LogP) is 2.41. The van der Waals surface area contributed by atoms with Gasteiger partial charge in [0.05, 0.1) is 13.5 Å². The Morgan fingerprint density at radius 1 is 1.62 bits per heavy atom. The van der Waals surface area contributed by atoms with Crippen LogP contribution in [-0.4, -0.2) is 18.8 Å². The van der Waals surface area contributed by atoms with Crippen LogP contribution in [0.25, 0.3) is 0 Å². The molecule has 1 heterocycles. The van der Waals surface area contributed by atoms with Crippen molar-refractivity contribution in [3.8, 4) is 0 Å². The Bertz CT molecular complexity index is 402. The highest BCUT2D eigenvalue weighted by Gasteiger charge is 2.16. The van der Waals surface area contributed by atoms with E-state index in [4.69, 9.17) is 0 Å². The number of fused-ring (bicyclic) bond motifs is 1. The topological polar surface area (TPSA) is 38.7 Å². The van der Waals surface area contributed by atoms with E-state index in [1.165, 1.54) is 7.11 Å². The average molecular weight is 217 g/mol. The predicted molar refractivity (Wildman–Crippen MR) is 63.2 cm³/mol. The summed E-state index contributed by atoms with van der Waals surface area (Å²) < 4.78 is 4.60. The van der Waals surface area contributed by atoms with Gasteiger partial charge in [-0.25, -0.2) is 0 Å². The average Bonchev–Trinajstić information content (AvgIpc) is 2.35. The summed E-state index contributed by atoms with van der Waals surface area (Å²) in [5.41, 5.74) is 2.06. The van der Waals surface area contributed by atoms with E-state index in [0.29, 0.717) is 18.8 Å². The first-order valence-electron chi connectivity index (χ1n) is 5.49. The van der Waals surface area contributed by atoms with E-state index in [1.54, 1.807) is 0 Å². The zero-order valence-corrected chi connectivity index (χ0v) is 9.35. The Labute approximate surface area is 95.2 Å². The number of aliphatic imine (C=N–C) groups is 1. The monoisotopic (exact) mass is 217 g/mol. The van der Waals surface area contributed by atoms with Gasteiger partial charge in [-0.05, 0) is 18.6 Å². The molecule has 1 unspecified atom stereocenters. The van der Waals surface area contributed by atoms with Crippen LogP contribution in [0.4, 0.5) is 0 Å². The molecule has 1 aliphatic heterocycles. The van der Waals surface area contributed by atoms with Crippen molar-refractivity contribution in [3.05, 3.63) is 36.1 Å². The molecule has 0 radical (unpaired) electrons. The molecular formula is C13H15NO2. The SMILES string of the molecule is COC(=O)CCC1=NC2=CC=CCC2C=C1. The lowest BCUT2D eigenvalue weighted by Gasteiger charge is -2.19. The molecule has 0 aromatic carbocycles. The van der Waals surface area contributed by atoms with E-state index in [9.17, 15) is 4.79 Å². The van der Waals surface area contributed by atoms with Gasteiger partial charge in [0.25, 0.3) is 0 Å². The highest BCUT2D eigenvalue weighted by atomic mass is 16.5. The molecule has 0 saturated heterocycles. The standard InChI is InChI=1S/C13H15NO2/c1-16-13(15)9-8-11-7-6-10-4-2-3-5-12(10)14-11/h2-3,5-7,10H,4,8-9H2,1H3. The van der Waals surface area contributed by atoms with Gasteiger partial charge in [-0.15, -0.1) is 0 Å². The zero-order valence-electron chi connectivity index (χ0n) is 9.35. The fourth-order valence-corrected chi connectivity index (χ4v) is 1.84. The number of nitrogens with zero attached hydrogens (tertiary/aromatic N) is 1. The van der Waals surface area contributed by atoms with Crippen molar-refractivity contribution in [2.24, 2.45) is 10.9 Å². The normalized spacial score (nSPS) is 22.2. The maximum atomic E-state index is 11.0. The van der Waals surface area contributed by atoms with Gasteiger partial charge < -0.3 is 4.74 Å². The first-order chi connectivity index (χ1) is 7.79. The molecule has 1 aliphatic carbocycles. The molecule has 0 aromatic heterocycles. The molecule has 0 N–H and O–H groups in total. The van der Waals surface area contributed by atoms with Crippen LogP contribution < -0.4 is 0 Å². The summed E-state index contributed by atoms with van der Waals surface area (Å²) in [4.78, 5) is 15.6. The summed E-state index contributed by atoms with van der Waals surface area (Å²) >= 11 is 0. The van der Waals surface area contributed by atoms with Crippen LogP contribution in [0.1, 0.15) is 19.3 Å². The summed E-state index contributed by atoms with van der Waals surface area (Å²) in [6.07, 6.45) is 12.5. The molecule has 0 fully saturated rings. The Kier molecular flexibility index (Phi) is 3.34. The maximum Gasteiger partial charge on any atom is 0.305 e. The second-order valence-corrected chi connectivity index (χ2v) is 3.90. The third-order valence-corrected chi connectivity index (χ3v) is 2.78. The van der Waals surface area contributed by atoms with Gasteiger partial charge in [0, 0.05) is 23.7 Å². The van der Waals surface area contributed by atoms with Crippen molar-refractivity contribution >= 4 is 11.7 Å². The van der Waals surface area contributed by atoms with Gasteiger partial charge in [0.2, 0.25) is 0 Å². The zero-order chi connectivity index (χ0) is 11.4. The van der Waals surface area contributed by atoms with Gasteiger partial charge in [-0.2, -0.15) is 0 Å². The molecule has 3 heteroatoms. The minimum atomic E-state index is -0.184. The van der Waals surface area contributed by atoms with Crippen LogP contribution in [0.3, 0.4) is 0 Å². The van der Waals surface area contributed by atoms with Crippen LogP contribution in [0, 0.1) is 5.92 Å². The van der Waals surface area contributed by atoms with E-state index in [2.05, 4.69) is 21.9 Å². The molecule has 0 spiro atoms. The third kappa shape index (κ3) is 2.48. The highest BCUT2D eigenvalue weighted by molar-refractivity contribution is 5.98. The van der Waals surface area contributed by atoms with Crippen molar-refractivity contribution < 1.29 is 9.53 Å². The molecule has 0 saturated carbocycles. The van der Waals surface area contributed by atoms with Crippen LogP contribution in [0.15, 0.2) is 41.1 Å². The minimum absolute atomic E-state index is 0.184. The Morgan fingerprint density at radius 3 is 3.31 bits per heavy atom. The summed E-state index contributed by atoms with van der Waals surface area (Å²) in [6, 6.07) is 0. The number of methoxy groups -OCH3 is 1. The Morgan fingerprint density at radius 2 is 2.50 bits per heavy atom. The molecular weight excluding hydrogens is 202 g/mol. The number of hydrogen-bond donors (Lipinski definition) is 0. The van der Waals surface area contributed by atoms with Crippen LogP contribution in [0.2, 0.25) is 0 Å². The van der Waals surface area contributed by atoms with Gasteiger partial charge in [-0.1, -0.05) is 18.2 Å². The number of carbonyl (C=O) groups is 1. The minimum Gasteiger partial charge on any atom is -0.469 e. The number of esters is 1. The lowest BCUT2D eigenvalue weighted by atomic mass is 9.93. The maximum absolute atomic E-state index is 11.0. The summed E-state index contributed by atoms with van der Waals surface area (Å²) in [5, 5.41) is 0. The van der Waals surface area contributed by atoms with Gasteiger partial charge in [0.1, 0.15) is 0 Å². The number of dihydropyridines is 1. The molecule has 0 bridgehead atoms. The molecule has 0 amide bonds. The van der Waals surface area contributed by atoms with Gasteiger partial charge >= 0.3 is 5.97 Å². The first kappa shape index (κ1) is 10.9. The van der Waals surface area contributed by atoms with E-state index in [-0.39, 0.29) is 5.97 Å². The molecule has 0 aromatic rings. The van der Waals surface area contributed by atoms with Crippen LogP contribution in [-0.2, 0) is 9.53 Å². The fraction of sp³-hybridized carbons (Fsp3) is 0.385. The van der Waals surface area contributed by atoms with E-state index in [0.717, 1.165) is 17.8 Å². The highest BCUT2D eigenvalue weighted by Crippen LogP contribution is 2.26. The molecule has 84 valence electrons. The number of hydrogen-bond acceptors (Lipinski definition) is 3. The fourth-order valence-electron chi connectivity index (χ4n) is 1.84. The summed E-state index contributed by atoms with van der Waals surface area (Å²) in [6.45, 7) is 0. The summed E-state index contributed by atoms with van der Waals surface area (Å²) in [7, 11) is 1.41. The Hall–Kier alpha value is -1.64. The molecule has 1 atom stereocenters. The van der Waals surface area contributed by atoms with Crippen molar-refractivity contribution in [1.29, 1.82) is 0 Å².